The number of carbonyl (C=O) groups excluding carboxylic acids is 1. The molecule has 0 aliphatic rings. The molecular weight excluding hydrogens is 262 g/mol. The smallest absolute Gasteiger partial charge is 0.244 e. The molecular formula is C17H15N3O. The maximum Gasteiger partial charge on any atom is 0.244 e. The Labute approximate surface area is 122 Å². The average molecular weight is 277 g/mol. The normalized spacial score (nSPS) is 11.0. The number of fused-ring (bicyclic) bond motifs is 1. The summed E-state index contributed by atoms with van der Waals surface area (Å²) >= 11 is 0. The monoisotopic (exact) mass is 277 g/mol. The van der Waals surface area contributed by atoms with Gasteiger partial charge in [-0.3, -0.25) is 4.79 Å². The predicted octanol–water partition coefficient (Wildman–Crippen LogP) is 2.86. The van der Waals surface area contributed by atoms with E-state index < -0.39 is 0 Å². The fourth-order valence-electron chi connectivity index (χ4n) is 2.20. The molecule has 3 aromatic rings. The van der Waals surface area contributed by atoms with Gasteiger partial charge < -0.3 is 4.98 Å². The van der Waals surface area contributed by atoms with Crippen molar-refractivity contribution in [2.24, 2.45) is 5.10 Å². The van der Waals surface area contributed by atoms with E-state index in [2.05, 4.69) is 15.5 Å². The van der Waals surface area contributed by atoms with E-state index in [1.54, 1.807) is 6.21 Å². The molecule has 1 amide bonds. The fraction of sp³-hybridized carbons (Fsp3) is 0.0588. The molecule has 0 aliphatic carbocycles. The lowest BCUT2D eigenvalue weighted by Crippen LogP contribution is -2.19. The summed E-state index contributed by atoms with van der Waals surface area (Å²) < 4.78 is 0. The highest BCUT2D eigenvalue weighted by molar-refractivity contribution is 5.99. The number of carbonyl (C=O) groups is 1. The highest BCUT2D eigenvalue weighted by atomic mass is 16.2. The summed E-state index contributed by atoms with van der Waals surface area (Å²) in [6, 6.07) is 17.6. The molecule has 4 nitrogen and oxygen atoms in total. The molecule has 0 fully saturated rings. The van der Waals surface area contributed by atoms with Crippen LogP contribution in [0.4, 0.5) is 0 Å². The third-order valence-corrected chi connectivity index (χ3v) is 3.22. The first-order valence-electron chi connectivity index (χ1n) is 6.75. The van der Waals surface area contributed by atoms with E-state index in [9.17, 15) is 4.79 Å². The summed E-state index contributed by atoms with van der Waals surface area (Å²) in [6.45, 7) is 0. The van der Waals surface area contributed by atoms with Gasteiger partial charge in [-0.15, -0.1) is 0 Å². The van der Waals surface area contributed by atoms with Crippen LogP contribution in [-0.4, -0.2) is 17.1 Å². The lowest BCUT2D eigenvalue weighted by Gasteiger charge is -1.99. The third-order valence-electron chi connectivity index (χ3n) is 3.22. The minimum Gasteiger partial charge on any atom is -0.361 e. The van der Waals surface area contributed by atoms with Gasteiger partial charge in [0.05, 0.1) is 12.6 Å². The van der Waals surface area contributed by atoms with Crippen molar-refractivity contribution in [1.82, 2.24) is 10.4 Å². The second kappa shape index (κ2) is 6.05. The molecule has 0 saturated heterocycles. The molecule has 21 heavy (non-hydrogen) atoms. The van der Waals surface area contributed by atoms with Crippen molar-refractivity contribution >= 4 is 23.0 Å². The molecule has 3 rings (SSSR count). The van der Waals surface area contributed by atoms with Crippen LogP contribution in [-0.2, 0) is 11.2 Å². The number of rotatable bonds is 4. The number of para-hydroxylation sites is 1. The number of benzene rings is 2. The first-order chi connectivity index (χ1) is 10.3. The quantitative estimate of drug-likeness (QED) is 0.559. The van der Waals surface area contributed by atoms with Crippen molar-refractivity contribution in [2.45, 2.75) is 6.42 Å². The van der Waals surface area contributed by atoms with E-state index in [0.717, 1.165) is 22.0 Å². The average Bonchev–Trinajstić information content (AvgIpc) is 2.92. The Bertz CT molecular complexity index is 775. The first-order valence-corrected chi connectivity index (χ1v) is 6.75. The number of hydrogen-bond donors (Lipinski definition) is 2. The van der Waals surface area contributed by atoms with Gasteiger partial charge in [0.15, 0.2) is 0 Å². The van der Waals surface area contributed by atoms with Gasteiger partial charge >= 0.3 is 0 Å². The van der Waals surface area contributed by atoms with Crippen LogP contribution in [0.15, 0.2) is 65.9 Å². The summed E-state index contributed by atoms with van der Waals surface area (Å²) in [5, 5.41) is 5.10. The Morgan fingerprint density at radius 2 is 1.86 bits per heavy atom. The predicted molar refractivity (Wildman–Crippen MR) is 84.2 cm³/mol. The van der Waals surface area contributed by atoms with Crippen molar-refractivity contribution in [3.63, 3.8) is 0 Å². The number of amides is 1. The molecule has 0 unspecified atom stereocenters. The van der Waals surface area contributed by atoms with Gasteiger partial charge in [-0.1, -0.05) is 48.5 Å². The van der Waals surface area contributed by atoms with Crippen molar-refractivity contribution in [3.05, 3.63) is 71.9 Å². The summed E-state index contributed by atoms with van der Waals surface area (Å²) in [4.78, 5) is 14.9. The highest BCUT2D eigenvalue weighted by Crippen LogP contribution is 2.15. The number of hydrogen-bond acceptors (Lipinski definition) is 2. The number of hydrazone groups is 1. The molecule has 0 bridgehead atoms. The van der Waals surface area contributed by atoms with Crippen LogP contribution < -0.4 is 5.43 Å². The Morgan fingerprint density at radius 1 is 1.10 bits per heavy atom. The molecule has 2 N–H and O–H groups in total. The van der Waals surface area contributed by atoms with E-state index in [-0.39, 0.29) is 5.91 Å². The van der Waals surface area contributed by atoms with Crippen LogP contribution in [0.25, 0.3) is 10.9 Å². The van der Waals surface area contributed by atoms with E-state index >= 15 is 0 Å². The largest absolute Gasteiger partial charge is 0.361 e. The molecule has 0 atom stereocenters. The van der Waals surface area contributed by atoms with Gasteiger partial charge in [-0.25, -0.2) is 5.43 Å². The van der Waals surface area contributed by atoms with Crippen molar-refractivity contribution < 1.29 is 4.79 Å². The molecule has 0 radical (unpaired) electrons. The summed E-state index contributed by atoms with van der Waals surface area (Å²) in [5.74, 6) is -0.128. The van der Waals surface area contributed by atoms with Crippen molar-refractivity contribution in [2.75, 3.05) is 0 Å². The van der Waals surface area contributed by atoms with Crippen molar-refractivity contribution in [1.29, 1.82) is 0 Å². The van der Waals surface area contributed by atoms with E-state index in [0.29, 0.717) is 6.42 Å². The van der Waals surface area contributed by atoms with Gasteiger partial charge in [0.25, 0.3) is 0 Å². The molecule has 0 saturated carbocycles. The SMILES string of the molecule is O=C(Cc1ccccc1)NN=Cc1c[nH]c2ccccc12. The summed E-state index contributed by atoms with van der Waals surface area (Å²) in [5.41, 5.74) is 5.52. The van der Waals surface area contributed by atoms with Gasteiger partial charge in [0.2, 0.25) is 5.91 Å². The number of nitrogens with one attached hydrogen (secondary N) is 2. The van der Waals surface area contributed by atoms with E-state index in [4.69, 9.17) is 0 Å². The fourth-order valence-corrected chi connectivity index (χ4v) is 2.20. The lowest BCUT2D eigenvalue weighted by molar-refractivity contribution is -0.120. The Hall–Kier alpha value is -2.88. The third kappa shape index (κ3) is 3.17. The molecule has 104 valence electrons. The van der Waals surface area contributed by atoms with E-state index in [1.807, 2.05) is 60.8 Å². The van der Waals surface area contributed by atoms with Crippen LogP contribution in [0.3, 0.4) is 0 Å². The second-order valence-corrected chi connectivity index (χ2v) is 4.75. The Balaban J connectivity index is 1.63. The number of nitrogens with zero attached hydrogens (tertiary/aromatic N) is 1. The zero-order valence-electron chi connectivity index (χ0n) is 11.4. The molecule has 0 spiro atoms. The van der Waals surface area contributed by atoms with Crippen LogP contribution >= 0.6 is 0 Å². The molecule has 0 aliphatic heterocycles. The summed E-state index contributed by atoms with van der Waals surface area (Å²) in [7, 11) is 0. The second-order valence-electron chi connectivity index (χ2n) is 4.75. The Morgan fingerprint density at radius 3 is 2.71 bits per heavy atom. The maximum absolute atomic E-state index is 11.8. The molecule has 1 heterocycles. The maximum atomic E-state index is 11.8. The Kier molecular flexibility index (Phi) is 3.78. The van der Waals surface area contributed by atoms with E-state index in [1.165, 1.54) is 0 Å². The number of H-pyrrole nitrogens is 1. The van der Waals surface area contributed by atoms with Gasteiger partial charge in [-0.2, -0.15) is 5.10 Å². The minimum atomic E-state index is -0.128. The standard InChI is InChI=1S/C17H15N3O/c21-17(10-13-6-2-1-3-7-13)20-19-12-14-11-18-16-9-5-4-8-15(14)16/h1-9,11-12,18H,10H2,(H,20,21). The first kappa shape index (κ1) is 13.1. The molecule has 1 aromatic heterocycles. The topological polar surface area (TPSA) is 57.2 Å². The lowest BCUT2D eigenvalue weighted by atomic mass is 10.1. The van der Waals surface area contributed by atoms with Gasteiger partial charge in [0.1, 0.15) is 0 Å². The summed E-state index contributed by atoms with van der Waals surface area (Å²) in [6.07, 6.45) is 3.85. The molecule has 4 heteroatoms. The minimum absolute atomic E-state index is 0.128. The number of aromatic amines is 1. The van der Waals surface area contributed by atoms with Crippen LogP contribution in [0.2, 0.25) is 0 Å². The number of aromatic nitrogens is 1. The van der Waals surface area contributed by atoms with Crippen LogP contribution in [0.1, 0.15) is 11.1 Å². The molecule has 2 aromatic carbocycles. The zero-order chi connectivity index (χ0) is 14.5. The van der Waals surface area contributed by atoms with Crippen LogP contribution in [0, 0.1) is 0 Å². The van der Waals surface area contributed by atoms with Crippen molar-refractivity contribution in [3.8, 4) is 0 Å². The van der Waals surface area contributed by atoms with Gasteiger partial charge in [0, 0.05) is 22.7 Å². The zero-order valence-corrected chi connectivity index (χ0v) is 11.4. The van der Waals surface area contributed by atoms with Crippen LogP contribution in [0.5, 0.6) is 0 Å². The highest BCUT2D eigenvalue weighted by Gasteiger charge is 2.02. The van der Waals surface area contributed by atoms with Gasteiger partial charge in [-0.05, 0) is 11.6 Å².